The molecular formula is C16H26N4S. The molecule has 2 aromatic rings. The van der Waals surface area contributed by atoms with Crippen LogP contribution >= 0.6 is 12.2 Å². The molecule has 1 aliphatic carbocycles. The van der Waals surface area contributed by atoms with Gasteiger partial charge in [-0.2, -0.15) is 5.10 Å². The third-order valence-corrected chi connectivity index (χ3v) is 5.28. The van der Waals surface area contributed by atoms with Crippen molar-refractivity contribution in [3.8, 4) is 0 Å². The SMILES string of the molecule is CCCC1CCC(n2c(=S)[nH]c3c(CC)nn(C)c32)CC1. The van der Waals surface area contributed by atoms with E-state index in [1.165, 1.54) is 44.2 Å². The first-order valence-electron chi connectivity index (χ1n) is 8.31. The minimum Gasteiger partial charge on any atom is -0.328 e. The molecule has 1 fully saturated rings. The van der Waals surface area contributed by atoms with Crippen molar-refractivity contribution in [3.63, 3.8) is 0 Å². The molecular weight excluding hydrogens is 280 g/mol. The average Bonchev–Trinajstić information content (AvgIpc) is 2.97. The molecule has 1 saturated carbocycles. The highest BCUT2D eigenvalue weighted by Crippen LogP contribution is 2.36. The molecule has 3 rings (SSSR count). The maximum Gasteiger partial charge on any atom is 0.179 e. The van der Waals surface area contributed by atoms with Gasteiger partial charge in [0.2, 0.25) is 0 Å². The second-order valence-electron chi connectivity index (χ2n) is 6.39. The number of rotatable bonds is 4. The van der Waals surface area contributed by atoms with E-state index in [0.29, 0.717) is 6.04 Å². The topological polar surface area (TPSA) is 38.5 Å². The zero-order valence-electron chi connectivity index (χ0n) is 13.4. The standard InChI is InChI=1S/C16H26N4S/c1-4-6-11-7-9-12(10-8-11)20-15-14(17-16(20)21)13(5-2)18-19(15)3/h11-12H,4-10H2,1-3H3,(H,17,21). The van der Waals surface area contributed by atoms with Gasteiger partial charge in [-0.25, -0.2) is 0 Å². The molecule has 1 N–H and O–H groups in total. The lowest BCUT2D eigenvalue weighted by molar-refractivity contribution is 0.263. The summed E-state index contributed by atoms with van der Waals surface area (Å²) in [7, 11) is 2.03. The van der Waals surface area contributed by atoms with Crippen LogP contribution in [0.1, 0.15) is 64.1 Å². The zero-order valence-corrected chi connectivity index (χ0v) is 14.2. The number of aryl methyl sites for hydroxylation is 2. The monoisotopic (exact) mass is 306 g/mol. The number of imidazole rings is 1. The van der Waals surface area contributed by atoms with Crippen LogP contribution in [0, 0.1) is 10.7 Å². The summed E-state index contributed by atoms with van der Waals surface area (Å²) < 4.78 is 5.20. The van der Waals surface area contributed by atoms with Crippen LogP contribution in [0.5, 0.6) is 0 Å². The first kappa shape index (κ1) is 14.8. The molecule has 0 radical (unpaired) electrons. The van der Waals surface area contributed by atoms with E-state index in [-0.39, 0.29) is 0 Å². The van der Waals surface area contributed by atoms with Crippen molar-refractivity contribution in [2.75, 3.05) is 0 Å². The van der Waals surface area contributed by atoms with Crippen LogP contribution in [0.3, 0.4) is 0 Å². The summed E-state index contributed by atoms with van der Waals surface area (Å²) in [5, 5.41) is 4.63. The van der Waals surface area contributed by atoms with E-state index in [1.54, 1.807) is 0 Å². The average molecular weight is 306 g/mol. The van der Waals surface area contributed by atoms with E-state index in [1.807, 2.05) is 11.7 Å². The number of aromatic amines is 1. The number of nitrogens with zero attached hydrogens (tertiary/aromatic N) is 3. The summed E-state index contributed by atoms with van der Waals surface area (Å²) in [5.41, 5.74) is 3.44. The van der Waals surface area contributed by atoms with E-state index in [4.69, 9.17) is 12.2 Å². The Morgan fingerprint density at radius 2 is 1.95 bits per heavy atom. The van der Waals surface area contributed by atoms with Gasteiger partial charge < -0.3 is 4.98 Å². The Morgan fingerprint density at radius 1 is 1.24 bits per heavy atom. The molecule has 0 aromatic carbocycles. The number of aromatic nitrogens is 4. The first-order chi connectivity index (χ1) is 10.2. The molecule has 2 heterocycles. The number of hydrogen-bond acceptors (Lipinski definition) is 2. The summed E-state index contributed by atoms with van der Waals surface area (Å²) in [6.45, 7) is 4.44. The highest BCUT2D eigenvalue weighted by atomic mass is 32.1. The molecule has 1 aliphatic rings. The summed E-state index contributed by atoms with van der Waals surface area (Å²) in [6.07, 6.45) is 8.81. The van der Waals surface area contributed by atoms with Gasteiger partial charge in [-0.3, -0.25) is 9.25 Å². The molecule has 0 saturated heterocycles. The largest absolute Gasteiger partial charge is 0.328 e. The maximum absolute atomic E-state index is 5.60. The molecule has 21 heavy (non-hydrogen) atoms. The highest BCUT2D eigenvalue weighted by Gasteiger charge is 2.25. The van der Waals surface area contributed by atoms with Gasteiger partial charge in [0.25, 0.3) is 0 Å². The summed E-state index contributed by atoms with van der Waals surface area (Å²) in [4.78, 5) is 3.40. The van der Waals surface area contributed by atoms with Crippen molar-refractivity contribution in [3.05, 3.63) is 10.5 Å². The Labute approximate surface area is 131 Å². The molecule has 116 valence electrons. The van der Waals surface area contributed by atoms with E-state index >= 15 is 0 Å². The number of fused-ring (bicyclic) bond motifs is 1. The van der Waals surface area contributed by atoms with Crippen LogP contribution in [0.2, 0.25) is 0 Å². The van der Waals surface area contributed by atoms with Crippen molar-refractivity contribution in [2.45, 2.75) is 64.8 Å². The van der Waals surface area contributed by atoms with Crippen LogP contribution in [-0.4, -0.2) is 19.3 Å². The van der Waals surface area contributed by atoms with Gasteiger partial charge in [0.15, 0.2) is 10.4 Å². The fourth-order valence-corrected chi connectivity index (χ4v) is 4.26. The van der Waals surface area contributed by atoms with E-state index in [9.17, 15) is 0 Å². The fourth-order valence-electron chi connectivity index (χ4n) is 3.92. The van der Waals surface area contributed by atoms with Gasteiger partial charge in [0.05, 0.1) is 5.69 Å². The third kappa shape index (κ3) is 2.56. The van der Waals surface area contributed by atoms with Gasteiger partial charge in [-0.1, -0.05) is 26.7 Å². The lowest BCUT2D eigenvalue weighted by Crippen LogP contribution is -2.19. The van der Waals surface area contributed by atoms with E-state index < -0.39 is 0 Å². The Balaban J connectivity index is 1.93. The van der Waals surface area contributed by atoms with Crippen LogP contribution < -0.4 is 0 Å². The molecule has 0 atom stereocenters. The Kier molecular flexibility index (Phi) is 4.20. The minimum atomic E-state index is 0.541. The normalized spacial score (nSPS) is 23.0. The predicted molar refractivity (Wildman–Crippen MR) is 89.2 cm³/mol. The van der Waals surface area contributed by atoms with Gasteiger partial charge in [-0.05, 0) is 50.2 Å². The molecule has 0 spiro atoms. The van der Waals surface area contributed by atoms with Gasteiger partial charge in [0.1, 0.15) is 5.52 Å². The molecule has 5 heteroatoms. The van der Waals surface area contributed by atoms with Crippen LogP contribution in [0.4, 0.5) is 0 Å². The first-order valence-corrected chi connectivity index (χ1v) is 8.72. The van der Waals surface area contributed by atoms with Crippen LogP contribution in [0.15, 0.2) is 0 Å². The smallest absolute Gasteiger partial charge is 0.179 e. The highest BCUT2D eigenvalue weighted by molar-refractivity contribution is 7.71. The third-order valence-electron chi connectivity index (χ3n) is 4.98. The Hall–Kier alpha value is -1.10. The molecule has 2 aromatic heterocycles. The maximum atomic E-state index is 5.60. The summed E-state index contributed by atoms with van der Waals surface area (Å²) in [6, 6.07) is 0.541. The second-order valence-corrected chi connectivity index (χ2v) is 6.77. The summed E-state index contributed by atoms with van der Waals surface area (Å²) >= 11 is 5.60. The minimum absolute atomic E-state index is 0.541. The summed E-state index contributed by atoms with van der Waals surface area (Å²) in [5.74, 6) is 0.924. The lowest BCUT2D eigenvalue weighted by Gasteiger charge is -2.29. The van der Waals surface area contributed by atoms with Crippen LogP contribution in [-0.2, 0) is 13.5 Å². The molecule has 0 amide bonds. The molecule has 4 nitrogen and oxygen atoms in total. The predicted octanol–water partition coefficient (Wildman–Crippen LogP) is 4.53. The van der Waals surface area contributed by atoms with Crippen molar-refractivity contribution >= 4 is 23.4 Å². The van der Waals surface area contributed by atoms with Crippen molar-refractivity contribution < 1.29 is 0 Å². The van der Waals surface area contributed by atoms with Crippen molar-refractivity contribution in [1.29, 1.82) is 0 Å². The zero-order chi connectivity index (χ0) is 15.0. The fraction of sp³-hybridized carbons (Fsp3) is 0.750. The Morgan fingerprint density at radius 3 is 2.57 bits per heavy atom. The van der Waals surface area contributed by atoms with Crippen LogP contribution in [0.25, 0.3) is 11.2 Å². The quantitative estimate of drug-likeness (QED) is 0.843. The van der Waals surface area contributed by atoms with Gasteiger partial charge in [-0.15, -0.1) is 0 Å². The lowest BCUT2D eigenvalue weighted by atomic mass is 9.83. The molecule has 0 bridgehead atoms. The Bertz CT molecular complexity index is 670. The number of nitrogens with one attached hydrogen (secondary N) is 1. The number of hydrogen-bond donors (Lipinski definition) is 1. The molecule has 0 aliphatic heterocycles. The second kappa shape index (κ2) is 5.95. The molecule has 0 unspecified atom stereocenters. The van der Waals surface area contributed by atoms with Gasteiger partial charge in [0, 0.05) is 13.1 Å². The van der Waals surface area contributed by atoms with E-state index in [2.05, 4.69) is 28.5 Å². The van der Waals surface area contributed by atoms with Crippen molar-refractivity contribution in [2.24, 2.45) is 13.0 Å². The van der Waals surface area contributed by atoms with E-state index in [0.717, 1.165) is 28.3 Å². The van der Waals surface area contributed by atoms with Crippen molar-refractivity contribution in [1.82, 2.24) is 19.3 Å². The van der Waals surface area contributed by atoms with Gasteiger partial charge >= 0.3 is 0 Å². The number of H-pyrrole nitrogens is 1.